The van der Waals surface area contributed by atoms with E-state index in [-0.39, 0.29) is 18.5 Å². The van der Waals surface area contributed by atoms with Gasteiger partial charge in [-0.3, -0.25) is 4.79 Å². The summed E-state index contributed by atoms with van der Waals surface area (Å²) in [6.45, 7) is 1.74. The Morgan fingerprint density at radius 1 is 1.45 bits per heavy atom. The number of nitrogens with one attached hydrogen (secondary N) is 1. The van der Waals surface area contributed by atoms with Gasteiger partial charge in [0.2, 0.25) is 0 Å². The number of halogens is 2. The van der Waals surface area contributed by atoms with E-state index in [0.717, 1.165) is 5.56 Å². The average molecular weight is 285 g/mol. The lowest BCUT2D eigenvalue weighted by Crippen LogP contribution is -2.59. The van der Waals surface area contributed by atoms with Crippen molar-refractivity contribution in [3.63, 3.8) is 0 Å². The van der Waals surface area contributed by atoms with Crippen LogP contribution in [0.3, 0.4) is 0 Å². The monoisotopic (exact) mass is 285 g/mol. The zero-order chi connectivity index (χ0) is 15.0. The van der Waals surface area contributed by atoms with Crippen LogP contribution in [0, 0.1) is 6.92 Å². The van der Waals surface area contributed by atoms with Crippen molar-refractivity contribution >= 4 is 11.6 Å². The number of hydrogen-bond acceptors (Lipinski definition) is 3. The molecule has 0 radical (unpaired) electrons. The van der Waals surface area contributed by atoms with Crippen LogP contribution in [0.25, 0.3) is 0 Å². The number of anilines is 1. The van der Waals surface area contributed by atoms with Gasteiger partial charge in [0.15, 0.2) is 0 Å². The molecule has 1 amide bonds. The molecule has 0 bridgehead atoms. The molecule has 1 fully saturated rings. The SMILES string of the molecule is COc1ccc(NC(=O)C(F)(F)C2(O)CCC2)cc1C. The van der Waals surface area contributed by atoms with Gasteiger partial charge in [-0.2, -0.15) is 8.78 Å². The predicted molar refractivity (Wildman–Crippen MR) is 70.1 cm³/mol. The Hall–Kier alpha value is -1.69. The number of rotatable bonds is 4. The van der Waals surface area contributed by atoms with Gasteiger partial charge >= 0.3 is 5.92 Å². The minimum absolute atomic E-state index is 0.0605. The fourth-order valence-electron chi connectivity index (χ4n) is 2.20. The lowest BCUT2D eigenvalue weighted by atomic mass is 9.75. The van der Waals surface area contributed by atoms with Crippen LogP contribution >= 0.6 is 0 Å². The van der Waals surface area contributed by atoms with Crippen LogP contribution in [0.1, 0.15) is 24.8 Å². The van der Waals surface area contributed by atoms with Crippen LogP contribution in [-0.2, 0) is 4.79 Å². The van der Waals surface area contributed by atoms with Crippen molar-refractivity contribution in [1.82, 2.24) is 0 Å². The second-order valence-corrected chi connectivity index (χ2v) is 5.10. The average Bonchev–Trinajstić information content (AvgIpc) is 2.35. The summed E-state index contributed by atoms with van der Waals surface area (Å²) in [5.41, 5.74) is -1.25. The molecule has 2 N–H and O–H groups in total. The van der Waals surface area contributed by atoms with Crippen LogP contribution in [-0.4, -0.2) is 29.6 Å². The molecule has 0 heterocycles. The summed E-state index contributed by atoms with van der Waals surface area (Å²) >= 11 is 0. The number of hydrogen-bond donors (Lipinski definition) is 2. The first-order valence-electron chi connectivity index (χ1n) is 6.36. The smallest absolute Gasteiger partial charge is 0.352 e. The zero-order valence-corrected chi connectivity index (χ0v) is 11.4. The third kappa shape index (κ3) is 2.35. The van der Waals surface area contributed by atoms with Crippen LogP contribution in [0.2, 0.25) is 0 Å². The van der Waals surface area contributed by atoms with E-state index in [9.17, 15) is 18.7 Å². The number of aryl methyl sites for hydroxylation is 1. The maximum absolute atomic E-state index is 13.9. The number of amides is 1. The molecular formula is C14H17F2NO3. The maximum Gasteiger partial charge on any atom is 0.352 e. The molecule has 0 aromatic heterocycles. The summed E-state index contributed by atoms with van der Waals surface area (Å²) in [4.78, 5) is 11.7. The van der Waals surface area contributed by atoms with Crippen molar-refractivity contribution in [2.24, 2.45) is 0 Å². The van der Waals surface area contributed by atoms with Gasteiger partial charge in [-0.05, 0) is 49.9 Å². The normalized spacial score (nSPS) is 17.2. The number of ether oxygens (including phenoxy) is 1. The van der Waals surface area contributed by atoms with Crippen LogP contribution < -0.4 is 10.1 Å². The summed E-state index contributed by atoms with van der Waals surface area (Å²) in [5, 5.41) is 11.8. The van der Waals surface area contributed by atoms with Crippen molar-refractivity contribution in [1.29, 1.82) is 0 Å². The van der Waals surface area contributed by atoms with E-state index < -0.39 is 17.4 Å². The molecular weight excluding hydrogens is 268 g/mol. The standard InChI is InChI=1S/C14H17F2NO3/c1-9-8-10(4-5-11(9)20-2)17-12(18)14(15,16)13(19)6-3-7-13/h4-5,8,19H,3,6-7H2,1-2H3,(H,17,18). The van der Waals surface area contributed by atoms with Crippen LogP contribution in [0.5, 0.6) is 5.75 Å². The number of carbonyl (C=O) groups excluding carboxylic acids is 1. The van der Waals surface area contributed by atoms with Crippen molar-refractivity contribution in [3.8, 4) is 5.75 Å². The van der Waals surface area contributed by atoms with Gasteiger partial charge in [-0.25, -0.2) is 0 Å². The van der Waals surface area contributed by atoms with E-state index in [1.165, 1.54) is 19.2 Å². The fraction of sp³-hybridized carbons (Fsp3) is 0.500. The second kappa shape index (κ2) is 5.01. The first-order chi connectivity index (χ1) is 9.30. The molecule has 0 aliphatic heterocycles. The van der Waals surface area contributed by atoms with Crippen molar-refractivity contribution in [2.75, 3.05) is 12.4 Å². The molecule has 0 atom stereocenters. The zero-order valence-electron chi connectivity index (χ0n) is 11.4. The van der Waals surface area contributed by atoms with Crippen LogP contribution in [0.15, 0.2) is 18.2 Å². The molecule has 110 valence electrons. The van der Waals surface area contributed by atoms with Crippen molar-refractivity contribution in [2.45, 2.75) is 37.7 Å². The van der Waals surface area contributed by atoms with Gasteiger partial charge in [0.1, 0.15) is 11.4 Å². The first kappa shape index (κ1) is 14.7. The molecule has 1 aromatic carbocycles. The van der Waals surface area contributed by atoms with E-state index >= 15 is 0 Å². The molecule has 2 rings (SSSR count). The summed E-state index contributed by atoms with van der Waals surface area (Å²) in [6, 6.07) is 4.60. The van der Waals surface area contributed by atoms with Crippen molar-refractivity contribution < 1.29 is 23.4 Å². The molecule has 1 aliphatic carbocycles. The fourth-order valence-corrected chi connectivity index (χ4v) is 2.20. The van der Waals surface area contributed by atoms with E-state index in [4.69, 9.17) is 4.74 Å². The van der Waals surface area contributed by atoms with E-state index in [1.54, 1.807) is 13.0 Å². The summed E-state index contributed by atoms with van der Waals surface area (Å²) in [7, 11) is 1.50. The van der Waals surface area contributed by atoms with Gasteiger partial charge in [0.25, 0.3) is 5.91 Å². The minimum atomic E-state index is -3.79. The molecule has 20 heavy (non-hydrogen) atoms. The maximum atomic E-state index is 13.9. The molecule has 0 saturated heterocycles. The van der Waals surface area contributed by atoms with E-state index in [2.05, 4.69) is 5.32 Å². The molecule has 4 nitrogen and oxygen atoms in total. The highest BCUT2D eigenvalue weighted by molar-refractivity contribution is 5.97. The Morgan fingerprint density at radius 2 is 2.10 bits per heavy atom. The van der Waals surface area contributed by atoms with Gasteiger partial charge in [-0.15, -0.1) is 0 Å². The first-order valence-corrected chi connectivity index (χ1v) is 6.36. The highest BCUT2D eigenvalue weighted by Crippen LogP contribution is 2.44. The molecule has 0 spiro atoms. The van der Waals surface area contributed by atoms with Gasteiger partial charge in [0.05, 0.1) is 7.11 Å². The number of methoxy groups -OCH3 is 1. The van der Waals surface area contributed by atoms with Crippen LogP contribution in [0.4, 0.5) is 14.5 Å². The quantitative estimate of drug-likeness (QED) is 0.893. The highest BCUT2D eigenvalue weighted by Gasteiger charge is 2.61. The summed E-state index contributed by atoms with van der Waals surface area (Å²) in [6.07, 6.45) is 0.380. The third-order valence-corrected chi connectivity index (χ3v) is 3.70. The molecule has 1 aliphatic rings. The number of carbonyl (C=O) groups is 1. The third-order valence-electron chi connectivity index (χ3n) is 3.70. The second-order valence-electron chi connectivity index (χ2n) is 5.10. The van der Waals surface area contributed by atoms with Crippen molar-refractivity contribution in [3.05, 3.63) is 23.8 Å². The Balaban J connectivity index is 2.13. The summed E-state index contributed by atoms with van der Waals surface area (Å²) < 4.78 is 32.8. The van der Waals surface area contributed by atoms with E-state index in [1.807, 2.05) is 0 Å². The van der Waals surface area contributed by atoms with Gasteiger partial charge < -0.3 is 15.2 Å². The summed E-state index contributed by atoms with van der Waals surface area (Å²) in [5.74, 6) is -4.67. The number of aliphatic hydroxyl groups is 1. The molecule has 6 heteroatoms. The number of benzene rings is 1. The molecule has 1 aromatic rings. The largest absolute Gasteiger partial charge is 0.496 e. The lowest BCUT2D eigenvalue weighted by Gasteiger charge is -2.41. The Morgan fingerprint density at radius 3 is 2.55 bits per heavy atom. The predicted octanol–water partition coefficient (Wildman–Crippen LogP) is 2.49. The Bertz CT molecular complexity index is 527. The van der Waals surface area contributed by atoms with Gasteiger partial charge in [-0.1, -0.05) is 0 Å². The molecule has 1 saturated carbocycles. The highest BCUT2D eigenvalue weighted by atomic mass is 19.3. The lowest BCUT2D eigenvalue weighted by molar-refractivity contribution is -0.212. The molecule has 0 unspecified atom stereocenters. The topological polar surface area (TPSA) is 58.6 Å². The van der Waals surface area contributed by atoms with E-state index in [0.29, 0.717) is 12.2 Å². The Labute approximate surface area is 115 Å². The minimum Gasteiger partial charge on any atom is -0.496 e. The van der Waals surface area contributed by atoms with Gasteiger partial charge in [0, 0.05) is 5.69 Å². The number of alkyl halides is 2. The Kier molecular flexibility index (Phi) is 3.69.